The van der Waals surface area contributed by atoms with Gasteiger partial charge in [-0.3, -0.25) is 0 Å². The van der Waals surface area contributed by atoms with Gasteiger partial charge in [-0.1, -0.05) is 88.5 Å². The molecule has 3 N–H and O–H groups in total. The minimum absolute atomic E-state index is 0.000827. The first-order chi connectivity index (χ1) is 20.0. The Kier molecular flexibility index (Phi) is 9.67. The van der Waals surface area contributed by atoms with E-state index in [4.69, 9.17) is 0 Å². The predicted molar refractivity (Wildman–Crippen MR) is 179 cm³/mol. The maximum absolute atomic E-state index is 12.7. The molecule has 0 aromatic carbocycles. The molecular weight excluding hydrogens is 528 g/mol. The smallest absolute Gasteiger partial charge is 0.0656 e. The zero-order valence-corrected chi connectivity index (χ0v) is 30.2. The number of rotatable bonds is 6. The lowest BCUT2D eigenvalue weighted by molar-refractivity contribution is -0.281. The van der Waals surface area contributed by atoms with Crippen molar-refractivity contribution >= 4 is 0 Å². The van der Waals surface area contributed by atoms with Crippen LogP contribution in [0.3, 0.4) is 0 Å². The van der Waals surface area contributed by atoms with Gasteiger partial charge in [0, 0.05) is 11.3 Å². The van der Waals surface area contributed by atoms with Gasteiger partial charge >= 0.3 is 0 Å². The van der Waals surface area contributed by atoms with E-state index in [-0.39, 0.29) is 40.1 Å². The van der Waals surface area contributed by atoms with Crippen molar-refractivity contribution in [2.45, 2.75) is 159 Å². The molecule has 0 bridgehead atoms. The van der Waals surface area contributed by atoms with Crippen LogP contribution in [0.1, 0.15) is 140 Å². The maximum Gasteiger partial charge on any atom is 0.0656 e. The molecule has 0 amide bonds. The number of aliphatic hydroxyl groups is 3. The van der Waals surface area contributed by atoms with Crippen LogP contribution in [-0.2, 0) is 0 Å². The summed E-state index contributed by atoms with van der Waals surface area (Å²) in [6.07, 6.45) is 11.8. The van der Waals surface area contributed by atoms with E-state index in [0.29, 0.717) is 35.5 Å². The average molecular weight is 601 g/mol. The summed E-state index contributed by atoms with van der Waals surface area (Å²) in [5.74, 6) is 6.86. The lowest BCUT2D eigenvalue weighted by atomic mass is 9.33. The fourth-order valence-corrected chi connectivity index (χ4v) is 14.0. The summed E-state index contributed by atoms with van der Waals surface area (Å²) < 4.78 is 0. The minimum atomic E-state index is -0.545. The minimum Gasteiger partial charge on any atom is -0.393 e. The second-order valence-corrected chi connectivity index (χ2v) is 19.2. The Balaban J connectivity index is 1.40. The van der Waals surface area contributed by atoms with E-state index < -0.39 is 12.2 Å². The van der Waals surface area contributed by atoms with Crippen molar-refractivity contribution in [2.75, 3.05) is 0 Å². The summed E-state index contributed by atoms with van der Waals surface area (Å²) in [7, 11) is 0. The van der Waals surface area contributed by atoms with Crippen molar-refractivity contribution in [3.8, 4) is 0 Å². The Morgan fingerprint density at radius 3 is 2.00 bits per heavy atom. The molecule has 0 radical (unpaired) electrons. The highest BCUT2D eigenvalue weighted by molar-refractivity contribution is 5.19. The third kappa shape index (κ3) is 5.52. The Morgan fingerprint density at radius 2 is 1.44 bits per heavy atom. The summed E-state index contributed by atoms with van der Waals surface area (Å²) in [5.41, 5.74) is -0.234. The zero-order chi connectivity index (χ0) is 31.8. The third-order valence-corrected chi connectivity index (χ3v) is 16.4. The van der Waals surface area contributed by atoms with Gasteiger partial charge in [0.1, 0.15) is 0 Å². The fourth-order valence-electron chi connectivity index (χ4n) is 14.0. The van der Waals surface area contributed by atoms with E-state index >= 15 is 0 Å². The van der Waals surface area contributed by atoms with E-state index in [1.807, 2.05) is 6.92 Å². The largest absolute Gasteiger partial charge is 0.393 e. The summed E-state index contributed by atoms with van der Waals surface area (Å²) in [6.45, 7) is 26.1. The monoisotopic (exact) mass is 601 g/mol. The Hall–Kier alpha value is -0.120. The Labute approximate surface area is 266 Å². The zero-order valence-electron chi connectivity index (χ0n) is 30.2. The number of hydrogen-bond donors (Lipinski definition) is 3. The fraction of sp³-hybridized carbons (Fsp3) is 1.00. The number of aliphatic hydroxyl groups excluding tert-OH is 3. The van der Waals surface area contributed by atoms with Crippen LogP contribution < -0.4 is 0 Å². The Bertz CT molecular complexity index is 951. The van der Waals surface area contributed by atoms with Crippen molar-refractivity contribution in [3.63, 3.8) is 0 Å². The van der Waals surface area contributed by atoms with Crippen LogP contribution in [0.15, 0.2) is 0 Å². The van der Waals surface area contributed by atoms with Gasteiger partial charge < -0.3 is 15.3 Å². The summed E-state index contributed by atoms with van der Waals surface area (Å²) in [5, 5.41) is 35.6. The normalized spacial score (nSPS) is 54.6. The average Bonchev–Trinajstić information content (AvgIpc) is 2.89. The molecule has 0 heterocycles. The molecule has 15 unspecified atom stereocenters. The highest BCUT2D eigenvalue weighted by Crippen LogP contribution is 2.73. The van der Waals surface area contributed by atoms with Crippen LogP contribution in [0.5, 0.6) is 0 Å². The van der Waals surface area contributed by atoms with E-state index in [2.05, 4.69) is 69.2 Å². The Morgan fingerprint density at radius 1 is 0.814 bits per heavy atom. The van der Waals surface area contributed by atoms with Crippen molar-refractivity contribution in [3.05, 3.63) is 0 Å². The molecule has 15 atom stereocenters. The molecule has 5 saturated carbocycles. The highest BCUT2D eigenvalue weighted by atomic mass is 16.3. The third-order valence-electron chi connectivity index (χ3n) is 16.4. The molecule has 43 heavy (non-hydrogen) atoms. The highest BCUT2D eigenvalue weighted by Gasteiger charge is 2.70. The van der Waals surface area contributed by atoms with E-state index in [1.165, 1.54) is 51.4 Å². The van der Waals surface area contributed by atoms with E-state index in [1.54, 1.807) is 0 Å². The van der Waals surface area contributed by atoms with Gasteiger partial charge in [-0.15, -0.1) is 0 Å². The number of fused-ring (bicyclic) bond motifs is 3. The molecule has 5 aliphatic carbocycles. The summed E-state index contributed by atoms with van der Waals surface area (Å²) >= 11 is 0. The molecule has 0 aliphatic heterocycles. The van der Waals surface area contributed by atoms with Crippen LogP contribution >= 0.6 is 0 Å². The summed E-state index contributed by atoms with van der Waals surface area (Å²) in [4.78, 5) is 0. The van der Waals surface area contributed by atoms with Gasteiger partial charge in [-0.2, -0.15) is 0 Å². The quantitative estimate of drug-likeness (QED) is 0.285. The van der Waals surface area contributed by atoms with Crippen LogP contribution in [0, 0.1) is 93.2 Å². The van der Waals surface area contributed by atoms with Gasteiger partial charge in [-0.05, 0) is 134 Å². The topological polar surface area (TPSA) is 60.7 Å². The van der Waals surface area contributed by atoms with Crippen molar-refractivity contribution in [1.29, 1.82) is 0 Å². The number of hydrogen-bond acceptors (Lipinski definition) is 3. The molecule has 3 nitrogen and oxygen atoms in total. The van der Waals surface area contributed by atoms with Crippen LogP contribution in [0.4, 0.5) is 0 Å². The molecule has 0 saturated heterocycles. The van der Waals surface area contributed by atoms with Crippen molar-refractivity contribution < 1.29 is 15.3 Å². The van der Waals surface area contributed by atoms with Crippen molar-refractivity contribution in [2.24, 2.45) is 93.2 Å². The van der Waals surface area contributed by atoms with E-state index in [0.717, 1.165) is 36.5 Å². The van der Waals surface area contributed by atoms with E-state index in [9.17, 15) is 15.3 Å². The molecule has 5 aliphatic rings. The standard InChI is InChI=1S/C40H72O3/c1-22(2)29-15-12-28(13-16-29)14-17-30-18-31(23(3)4)32-20-38(9)21-39(10)19-24(5)33(27(8)41)37(43)40(39,11)26(7)35(38)36(42)34(32)25(30)6/h22-37,41-43H,12-21H2,1-11H3. The molecule has 5 rings (SSSR count). The molecule has 3 heteroatoms. The molecule has 5 fully saturated rings. The van der Waals surface area contributed by atoms with Crippen LogP contribution in [0.2, 0.25) is 0 Å². The predicted octanol–water partition coefficient (Wildman–Crippen LogP) is 9.23. The van der Waals surface area contributed by atoms with Crippen LogP contribution in [-0.4, -0.2) is 33.6 Å². The maximum atomic E-state index is 12.7. The molecule has 0 aromatic heterocycles. The van der Waals surface area contributed by atoms with Gasteiger partial charge in [-0.25, -0.2) is 0 Å². The lowest BCUT2D eigenvalue weighted by Gasteiger charge is -2.72. The molecule has 250 valence electrons. The van der Waals surface area contributed by atoms with Gasteiger partial charge in [0.2, 0.25) is 0 Å². The SMILES string of the molecule is CC(C)C1CCC(CCC2CC(C(C)C)C3CC4(C)CC5(C)CC(C)C(C(C)O)C(O)C5(C)C(C)C4C(O)C3C2C)CC1. The van der Waals surface area contributed by atoms with Crippen LogP contribution in [0.25, 0.3) is 0 Å². The second-order valence-electron chi connectivity index (χ2n) is 19.2. The van der Waals surface area contributed by atoms with Gasteiger partial charge in [0.25, 0.3) is 0 Å². The van der Waals surface area contributed by atoms with Crippen molar-refractivity contribution in [1.82, 2.24) is 0 Å². The first kappa shape index (κ1) is 34.2. The first-order valence-corrected chi connectivity index (χ1v) is 19.0. The van der Waals surface area contributed by atoms with Gasteiger partial charge in [0.05, 0.1) is 18.3 Å². The summed E-state index contributed by atoms with van der Waals surface area (Å²) in [6, 6.07) is 0. The first-order valence-electron chi connectivity index (χ1n) is 19.0. The lowest BCUT2D eigenvalue weighted by Crippen LogP contribution is -2.70. The van der Waals surface area contributed by atoms with Gasteiger partial charge in [0.15, 0.2) is 0 Å². The molecular formula is C40H72O3. The molecule has 0 spiro atoms. The molecule has 0 aromatic rings. The second kappa shape index (κ2) is 12.2.